The van der Waals surface area contributed by atoms with Crippen LogP contribution in [-0.2, 0) is 4.79 Å². The lowest BCUT2D eigenvalue weighted by Gasteiger charge is -2.18. The third-order valence-corrected chi connectivity index (χ3v) is 3.06. The maximum Gasteiger partial charge on any atom is 0.308 e. The molecule has 17 heavy (non-hydrogen) atoms. The third kappa shape index (κ3) is 2.53. The van der Waals surface area contributed by atoms with Gasteiger partial charge >= 0.3 is 5.97 Å². The van der Waals surface area contributed by atoms with E-state index in [2.05, 4.69) is 10.3 Å². The lowest BCUT2D eigenvalue weighted by atomic mass is 10.0. The molecule has 2 N–H and O–H groups in total. The number of carboxylic acids is 1. The highest BCUT2D eigenvalue weighted by molar-refractivity contribution is 5.72. The van der Waals surface area contributed by atoms with Crippen molar-refractivity contribution in [3.8, 4) is 6.07 Å². The molecule has 2 rings (SSSR count). The van der Waals surface area contributed by atoms with Crippen LogP contribution in [0.2, 0.25) is 0 Å². The Labute approximate surface area is 99.1 Å². The van der Waals surface area contributed by atoms with Gasteiger partial charge in [-0.3, -0.25) is 4.79 Å². The van der Waals surface area contributed by atoms with Gasteiger partial charge in [0.15, 0.2) is 0 Å². The maximum absolute atomic E-state index is 11.0. The first-order valence-electron chi connectivity index (χ1n) is 5.56. The zero-order valence-electron chi connectivity index (χ0n) is 9.26. The van der Waals surface area contributed by atoms with Gasteiger partial charge in [0, 0.05) is 6.04 Å². The molecule has 1 saturated carbocycles. The Morgan fingerprint density at radius 1 is 1.53 bits per heavy atom. The molecule has 5 heteroatoms. The van der Waals surface area contributed by atoms with Crippen LogP contribution < -0.4 is 5.32 Å². The zero-order chi connectivity index (χ0) is 12.3. The van der Waals surface area contributed by atoms with Crippen molar-refractivity contribution in [1.82, 2.24) is 4.98 Å². The highest BCUT2D eigenvalue weighted by atomic mass is 16.4. The highest BCUT2D eigenvalue weighted by Gasteiger charge is 2.32. The van der Waals surface area contributed by atoms with E-state index in [1.165, 1.54) is 0 Å². The Balaban J connectivity index is 2.05. The van der Waals surface area contributed by atoms with Crippen molar-refractivity contribution in [1.29, 1.82) is 5.26 Å². The standard InChI is InChI=1S/C12H13N3O2/c13-6-8-4-5-9(7-14-8)15-11-3-1-2-10(11)12(16)17/h4-5,7,10-11,15H,1-3H2,(H,16,17). The first-order chi connectivity index (χ1) is 8.20. The summed E-state index contributed by atoms with van der Waals surface area (Å²) in [4.78, 5) is 14.9. The number of pyridine rings is 1. The Hall–Kier alpha value is -2.09. The van der Waals surface area contributed by atoms with Crippen molar-refractivity contribution < 1.29 is 9.90 Å². The number of rotatable bonds is 3. The summed E-state index contributed by atoms with van der Waals surface area (Å²) >= 11 is 0. The summed E-state index contributed by atoms with van der Waals surface area (Å²) in [6, 6.07) is 5.27. The van der Waals surface area contributed by atoms with Gasteiger partial charge in [-0.2, -0.15) is 5.26 Å². The molecule has 0 aromatic carbocycles. The van der Waals surface area contributed by atoms with Crippen LogP contribution in [0.15, 0.2) is 18.3 Å². The molecule has 5 nitrogen and oxygen atoms in total. The van der Waals surface area contributed by atoms with Gasteiger partial charge in [-0.05, 0) is 25.0 Å². The summed E-state index contributed by atoms with van der Waals surface area (Å²) in [6.45, 7) is 0. The van der Waals surface area contributed by atoms with E-state index in [9.17, 15) is 4.79 Å². The molecule has 1 aromatic heterocycles. The summed E-state index contributed by atoms with van der Waals surface area (Å²) in [5.41, 5.74) is 1.12. The van der Waals surface area contributed by atoms with Crippen LogP contribution in [0.3, 0.4) is 0 Å². The largest absolute Gasteiger partial charge is 0.481 e. The number of carboxylic acid groups (broad SMARTS) is 1. The number of nitrogens with zero attached hydrogens (tertiary/aromatic N) is 2. The van der Waals surface area contributed by atoms with Gasteiger partial charge in [0.05, 0.1) is 17.8 Å². The number of carbonyl (C=O) groups is 1. The van der Waals surface area contributed by atoms with Crippen molar-refractivity contribution in [2.45, 2.75) is 25.3 Å². The zero-order valence-corrected chi connectivity index (χ0v) is 9.26. The molecule has 0 aliphatic heterocycles. The van der Waals surface area contributed by atoms with E-state index in [-0.39, 0.29) is 12.0 Å². The molecule has 1 aliphatic rings. The molecule has 0 saturated heterocycles. The van der Waals surface area contributed by atoms with E-state index in [0.29, 0.717) is 5.69 Å². The number of aliphatic carboxylic acids is 1. The van der Waals surface area contributed by atoms with E-state index < -0.39 is 5.97 Å². The molecule has 0 spiro atoms. The van der Waals surface area contributed by atoms with Crippen molar-refractivity contribution in [2.75, 3.05) is 5.32 Å². The summed E-state index contributed by atoms with van der Waals surface area (Å²) in [5.74, 6) is -1.08. The summed E-state index contributed by atoms with van der Waals surface area (Å²) in [6.07, 6.45) is 4.07. The monoisotopic (exact) mass is 231 g/mol. The minimum absolute atomic E-state index is 0.0396. The van der Waals surface area contributed by atoms with Crippen molar-refractivity contribution >= 4 is 11.7 Å². The lowest BCUT2D eigenvalue weighted by Crippen LogP contribution is -2.29. The Bertz CT molecular complexity index is 450. The van der Waals surface area contributed by atoms with E-state index in [1.54, 1.807) is 18.3 Å². The fourth-order valence-corrected chi connectivity index (χ4v) is 2.19. The van der Waals surface area contributed by atoms with Crippen molar-refractivity contribution in [3.63, 3.8) is 0 Å². The molecule has 0 amide bonds. The lowest BCUT2D eigenvalue weighted by molar-refractivity contribution is -0.141. The number of aromatic nitrogens is 1. The van der Waals surface area contributed by atoms with E-state index >= 15 is 0 Å². The van der Waals surface area contributed by atoms with E-state index in [4.69, 9.17) is 10.4 Å². The maximum atomic E-state index is 11.0. The topological polar surface area (TPSA) is 86.0 Å². The third-order valence-electron chi connectivity index (χ3n) is 3.06. The van der Waals surface area contributed by atoms with E-state index in [0.717, 1.165) is 24.9 Å². The quantitative estimate of drug-likeness (QED) is 0.825. The molecule has 2 unspecified atom stereocenters. The molecule has 2 atom stereocenters. The van der Waals surface area contributed by atoms with Gasteiger partial charge in [-0.15, -0.1) is 0 Å². The van der Waals surface area contributed by atoms with Crippen molar-refractivity contribution in [2.24, 2.45) is 5.92 Å². The average Bonchev–Trinajstić information content (AvgIpc) is 2.78. The SMILES string of the molecule is N#Cc1ccc(NC2CCCC2C(=O)O)cn1. The molecule has 0 bridgehead atoms. The number of nitriles is 1. The predicted octanol–water partition coefficient (Wildman–Crippen LogP) is 1.62. The molecule has 88 valence electrons. The first-order valence-corrected chi connectivity index (χ1v) is 5.56. The first kappa shape index (κ1) is 11.4. The minimum Gasteiger partial charge on any atom is -0.481 e. The Morgan fingerprint density at radius 3 is 2.94 bits per heavy atom. The molecule has 1 aromatic rings. The van der Waals surface area contributed by atoms with Crippen molar-refractivity contribution in [3.05, 3.63) is 24.0 Å². The van der Waals surface area contributed by atoms with Crippen LogP contribution in [0.4, 0.5) is 5.69 Å². The molecule has 1 fully saturated rings. The van der Waals surface area contributed by atoms with Gasteiger partial charge < -0.3 is 10.4 Å². The van der Waals surface area contributed by atoms with Gasteiger partial charge in [0.2, 0.25) is 0 Å². The van der Waals surface area contributed by atoms with Crippen LogP contribution in [0.5, 0.6) is 0 Å². The predicted molar refractivity (Wildman–Crippen MR) is 61.3 cm³/mol. The van der Waals surface area contributed by atoms with E-state index in [1.807, 2.05) is 6.07 Å². The van der Waals surface area contributed by atoms with Crippen LogP contribution in [-0.4, -0.2) is 22.1 Å². The minimum atomic E-state index is -0.749. The number of anilines is 1. The summed E-state index contributed by atoms with van der Waals surface area (Å²) in [5, 5.41) is 20.8. The summed E-state index contributed by atoms with van der Waals surface area (Å²) in [7, 11) is 0. The van der Waals surface area contributed by atoms with Gasteiger partial charge in [-0.1, -0.05) is 6.42 Å². The number of hydrogen-bond donors (Lipinski definition) is 2. The number of hydrogen-bond acceptors (Lipinski definition) is 4. The molecule has 1 heterocycles. The highest BCUT2D eigenvalue weighted by Crippen LogP contribution is 2.28. The van der Waals surface area contributed by atoms with Crippen LogP contribution in [0, 0.1) is 17.2 Å². The van der Waals surface area contributed by atoms with Crippen LogP contribution in [0.25, 0.3) is 0 Å². The molecular formula is C12H13N3O2. The van der Waals surface area contributed by atoms with Gasteiger partial charge in [-0.25, -0.2) is 4.98 Å². The second-order valence-electron chi connectivity index (χ2n) is 4.17. The normalized spacial score (nSPS) is 23.0. The second kappa shape index (κ2) is 4.83. The average molecular weight is 231 g/mol. The smallest absolute Gasteiger partial charge is 0.308 e. The Kier molecular flexibility index (Phi) is 3.24. The fraction of sp³-hybridized carbons (Fsp3) is 0.417. The van der Waals surface area contributed by atoms with Gasteiger partial charge in [0.25, 0.3) is 0 Å². The molecule has 0 radical (unpaired) electrons. The molecule has 1 aliphatic carbocycles. The van der Waals surface area contributed by atoms with Gasteiger partial charge in [0.1, 0.15) is 11.8 Å². The van der Waals surface area contributed by atoms with Crippen LogP contribution in [0.1, 0.15) is 25.0 Å². The second-order valence-corrected chi connectivity index (χ2v) is 4.17. The Morgan fingerprint density at radius 2 is 2.35 bits per heavy atom. The summed E-state index contributed by atoms with van der Waals surface area (Å²) < 4.78 is 0. The molecular weight excluding hydrogens is 218 g/mol. The fourth-order valence-electron chi connectivity index (χ4n) is 2.19. The van der Waals surface area contributed by atoms with Crippen LogP contribution >= 0.6 is 0 Å². The number of nitrogens with one attached hydrogen (secondary N) is 1.